The molecule has 7 nitrogen and oxygen atoms in total. The number of anilines is 1. The van der Waals surface area contributed by atoms with Crippen molar-refractivity contribution in [1.82, 2.24) is 4.90 Å². The Morgan fingerprint density at radius 1 is 1.26 bits per heavy atom. The lowest BCUT2D eigenvalue weighted by Crippen LogP contribution is -2.35. The van der Waals surface area contributed by atoms with Crippen molar-refractivity contribution in [3.8, 4) is 11.5 Å². The quantitative estimate of drug-likeness (QED) is 0.681. The number of fused-ring (bicyclic) bond motifs is 2. The number of ether oxygens (including phenoxy) is 2. The van der Waals surface area contributed by atoms with Gasteiger partial charge in [-0.25, -0.2) is 4.39 Å². The lowest BCUT2D eigenvalue weighted by Gasteiger charge is -2.20. The molecule has 2 aliphatic heterocycles. The monoisotopic (exact) mass is 425 g/mol. The van der Waals surface area contributed by atoms with Crippen molar-refractivity contribution in [2.45, 2.75) is 31.7 Å². The van der Waals surface area contributed by atoms with Gasteiger partial charge in [-0.05, 0) is 49.6 Å². The molecule has 2 aliphatic rings. The molecule has 8 heteroatoms. The van der Waals surface area contributed by atoms with E-state index in [2.05, 4.69) is 10.3 Å². The maximum Gasteiger partial charge on any atom is 0.256 e. The van der Waals surface area contributed by atoms with Gasteiger partial charge in [-0.1, -0.05) is 0 Å². The van der Waals surface area contributed by atoms with E-state index < -0.39 is 0 Å². The van der Waals surface area contributed by atoms with E-state index in [0.29, 0.717) is 41.5 Å². The SMILES string of the molecule is COc1cc2c(cc1OCCCC(=O)Nc1ccc(F)cc1)N=C[C@@H]1CCCN1C2=O. The molecular weight excluding hydrogens is 401 g/mol. The highest BCUT2D eigenvalue weighted by Gasteiger charge is 2.32. The minimum Gasteiger partial charge on any atom is -0.493 e. The minimum absolute atomic E-state index is 0.0369. The molecule has 0 spiro atoms. The second-order valence-electron chi connectivity index (χ2n) is 7.51. The Labute approximate surface area is 179 Å². The van der Waals surface area contributed by atoms with Crippen molar-refractivity contribution in [3.63, 3.8) is 0 Å². The number of hydrogen-bond acceptors (Lipinski definition) is 5. The van der Waals surface area contributed by atoms with Crippen LogP contribution in [0.2, 0.25) is 0 Å². The van der Waals surface area contributed by atoms with E-state index in [1.165, 1.54) is 31.4 Å². The lowest BCUT2D eigenvalue weighted by molar-refractivity contribution is -0.116. The Morgan fingerprint density at radius 3 is 2.84 bits per heavy atom. The third-order valence-corrected chi connectivity index (χ3v) is 5.39. The maximum absolute atomic E-state index is 12.9. The van der Waals surface area contributed by atoms with Gasteiger partial charge in [0.1, 0.15) is 5.82 Å². The van der Waals surface area contributed by atoms with Crippen LogP contribution in [0.4, 0.5) is 15.8 Å². The summed E-state index contributed by atoms with van der Waals surface area (Å²) in [5.74, 6) is 0.354. The van der Waals surface area contributed by atoms with Gasteiger partial charge >= 0.3 is 0 Å². The van der Waals surface area contributed by atoms with Crippen LogP contribution in [-0.4, -0.2) is 49.2 Å². The molecule has 0 saturated carbocycles. The van der Waals surface area contributed by atoms with Crippen molar-refractivity contribution in [2.24, 2.45) is 4.99 Å². The van der Waals surface area contributed by atoms with Gasteiger partial charge < -0.3 is 19.7 Å². The van der Waals surface area contributed by atoms with Gasteiger partial charge in [-0.3, -0.25) is 14.6 Å². The number of halogens is 1. The van der Waals surface area contributed by atoms with Gasteiger partial charge in [0.2, 0.25) is 5.91 Å². The summed E-state index contributed by atoms with van der Waals surface area (Å²) in [6.45, 7) is 1.02. The third-order valence-electron chi connectivity index (χ3n) is 5.39. The summed E-state index contributed by atoms with van der Waals surface area (Å²) in [5, 5.41) is 2.72. The first-order chi connectivity index (χ1) is 15.0. The molecular formula is C23H24FN3O4. The molecule has 31 heavy (non-hydrogen) atoms. The molecule has 162 valence electrons. The highest BCUT2D eigenvalue weighted by atomic mass is 19.1. The number of methoxy groups -OCH3 is 1. The topological polar surface area (TPSA) is 80.2 Å². The number of nitrogens with one attached hydrogen (secondary N) is 1. The van der Waals surface area contributed by atoms with Crippen LogP contribution >= 0.6 is 0 Å². The number of carbonyl (C=O) groups excluding carboxylic acids is 2. The predicted octanol–water partition coefficient (Wildman–Crippen LogP) is 3.95. The van der Waals surface area contributed by atoms with Crippen LogP contribution in [0.25, 0.3) is 0 Å². The summed E-state index contributed by atoms with van der Waals surface area (Å²) in [5.41, 5.74) is 1.61. The average Bonchev–Trinajstić information content (AvgIpc) is 3.20. The fourth-order valence-electron chi connectivity index (χ4n) is 3.79. The van der Waals surface area contributed by atoms with E-state index in [-0.39, 0.29) is 30.1 Å². The molecule has 1 fully saturated rings. The number of hydrogen-bond donors (Lipinski definition) is 1. The number of rotatable bonds is 7. The molecule has 0 aliphatic carbocycles. The summed E-state index contributed by atoms with van der Waals surface area (Å²) >= 11 is 0. The lowest BCUT2D eigenvalue weighted by atomic mass is 10.1. The first kappa shape index (κ1) is 20.8. The molecule has 1 saturated heterocycles. The average molecular weight is 425 g/mol. The molecule has 0 unspecified atom stereocenters. The van der Waals surface area contributed by atoms with Crippen molar-refractivity contribution >= 4 is 29.4 Å². The van der Waals surface area contributed by atoms with E-state index in [4.69, 9.17) is 9.47 Å². The molecule has 0 aromatic heterocycles. The van der Waals surface area contributed by atoms with E-state index in [9.17, 15) is 14.0 Å². The summed E-state index contributed by atoms with van der Waals surface area (Å²) in [6, 6.07) is 9.03. The van der Waals surface area contributed by atoms with Crippen LogP contribution in [0.3, 0.4) is 0 Å². The Balaban J connectivity index is 1.36. The zero-order chi connectivity index (χ0) is 21.8. The smallest absolute Gasteiger partial charge is 0.256 e. The Bertz CT molecular complexity index is 1010. The fraction of sp³-hybridized carbons (Fsp3) is 0.348. The van der Waals surface area contributed by atoms with E-state index >= 15 is 0 Å². The standard InChI is InChI=1S/C23H24FN3O4/c1-30-20-12-18-19(25-14-17-4-2-10-27(17)23(18)29)13-21(20)31-11-3-5-22(28)26-16-8-6-15(24)7-9-16/h6-9,12-14,17H,2-5,10-11H2,1H3,(H,26,28)/t17-/m0/s1. The van der Waals surface area contributed by atoms with Gasteiger partial charge in [0.15, 0.2) is 11.5 Å². The van der Waals surface area contributed by atoms with Crippen molar-refractivity contribution in [1.29, 1.82) is 0 Å². The molecule has 2 aromatic rings. The first-order valence-electron chi connectivity index (χ1n) is 10.3. The molecule has 1 atom stereocenters. The van der Waals surface area contributed by atoms with Crippen LogP contribution in [0.1, 0.15) is 36.0 Å². The van der Waals surface area contributed by atoms with Gasteiger partial charge in [0.05, 0.1) is 31.0 Å². The molecule has 0 radical (unpaired) electrons. The van der Waals surface area contributed by atoms with Crippen LogP contribution in [0, 0.1) is 5.82 Å². The van der Waals surface area contributed by atoms with Gasteiger partial charge in [-0.15, -0.1) is 0 Å². The van der Waals surface area contributed by atoms with Crippen molar-refractivity contribution < 1.29 is 23.5 Å². The number of benzene rings is 2. The largest absolute Gasteiger partial charge is 0.493 e. The van der Waals surface area contributed by atoms with Gasteiger partial charge in [0, 0.05) is 30.9 Å². The van der Waals surface area contributed by atoms with E-state index in [1.807, 2.05) is 11.1 Å². The second-order valence-corrected chi connectivity index (χ2v) is 7.51. The van der Waals surface area contributed by atoms with Crippen LogP contribution in [0.15, 0.2) is 41.4 Å². The molecule has 2 heterocycles. The Morgan fingerprint density at radius 2 is 2.06 bits per heavy atom. The second kappa shape index (κ2) is 9.16. The van der Waals surface area contributed by atoms with Crippen molar-refractivity contribution in [3.05, 3.63) is 47.8 Å². The predicted molar refractivity (Wildman–Crippen MR) is 115 cm³/mol. The Hall–Kier alpha value is -3.42. The normalized spacial score (nSPS) is 17.0. The molecule has 2 amide bonds. The van der Waals surface area contributed by atoms with Crippen molar-refractivity contribution in [2.75, 3.05) is 25.6 Å². The zero-order valence-electron chi connectivity index (χ0n) is 17.3. The molecule has 2 aromatic carbocycles. The third kappa shape index (κ3) is 4.68. The molecule has 4 rings (SSSR count). The summed E-state index contributed by atoms with van der Waals surface area (Å²) in [6.07, 6.45) is 4.45. The molecule has 0 bridgehead atoms. The summed E-state index contributed by atoms with van der Waals surface area (Å²) < 4.78 is 24.2. The van der Waals surface area contributed by atoms with Gasteiger partial charge in [-0.2, -0.15) is 0 Å². The zero-order valence-corrected chi connectivity index (χ0v) is 17.3. The Kier molecular flexibility index (Phi) is 6.16. The fourth-order valence-corrected chi connectivity index (χ4v) is 3.79. The number of carbonyl (C=O) groups is 2. The van der Waals surface area contributed by atoms with Crippen LogP contribution in [0.5, 0.6) is 11.5 Å². The van der Waals surface area contributed by atoms with Crippen LogP contribution < -0.4 is 14.8 Å². The number of amides is 2. The highest BCUT2D eigenvalue weighted by molar-refractivity contribution is 6.03. The first-order valence-corrected chi connectivity index (χ1v) is 10.3. The van der Waals surface area contributed by atoms with E-state index in [0.717, 1.165) is 19.4 Å². The molecule has 1 N–H and O–H groups in total. The highest BCUT2D eigenvalue weighted by Crippen LogP contribution is 2.38. The van der Waals surface area contributed by atoms with E-state index in [1.54, 1.807) is 12.1 Å². The summed E-state index contributed by atoms with van der Waals surface area (Å²) in [7, 11) is 1.52. The minimum atomic E-state index is -0.354. The van der Waals surface area contributed by atoms with Crippen LogP contribution in [-0.2, 0) is 4.79 Å². The number of aliphatic imine (C=N–C) groups is 1. The maximum atomic E-state index is 12.9. The summed E-state index contributed by atoms with van der Waals surface area (Å²) in [4.78, 5) is 31.3. The van der Waals surface area contributed by atoms with Gasteiger partial charge in [0.25, 0.3) is 5.91 Å². The number of nitrogens with zero attached hydrogens (tertiary/aromatic N) is 2.